The van der Waals surface area contributed by atoms with Crippen LogP contribution in [0.5, 0.6) is 0 Å². The fraction of sp³-hybridized carbons (Fsp3) is 0.333. The molecule has 0 unspecified atom stereocenters. The van der Waals surface area contributed by atoms with E-state index in [2.05, 4.69) is 10.4 Å². The average molecular weight is 311 g/mol. The van der Waals surface area contributed by atoms with Crippen LogP contribution in [0.15, 0.2) is 36.5 Å². The number of halogens is 3. The standard InChI is InChI=1S/C15H16F3N3O/c1-10-6-7-21(20-10)11(2)8-14(22)19-13-5-3-4-12(9-13)15(16,17)18/h3-7,9,11H,8H2,1-2H3,(H,19,22)/t11-/m0/s1. The molecule has 0 radical (unpaired) electrons. The summed E-state index contributed by atoms with van der Waals surface area (Å²) in [4.78, 5) is 11.9. The molecule has 0 saturated heterocycles. The second-order valence-electron chi connectivity index (χ2n) is 5.12. The van der Waals surface area contributed by atoms with Crippen molar-refractivity contribution >= 4 is 11.6 Å². The molecule has 0 bridgehead atoms. The molecule has 2 aromatic rings. The van der Waals surface area contributed by atoms with Gasteiger partial charge in [-0.2, -0.15) is 18.3 Å². The van der Waals surface area contributed by atoms with Crippen LogP contribution in [-0.2, 0) is 11.0 Å². The first-order chi connectivity index (χ1) is 10.3. The van der Waals surface area contributed by atoms with Gasteiger partial charge < -0.3 is 5.32 Å². The predicted octanol–water partition coefficient (Wildman–Crippen LogP) is 3.80. The van der Waals surface area contributed by atoms with Gasteiger partial charge >= 0.3 is 6.18 Å². The van der Waals surface area contributed by atoms with E-state index in [0.29, 0.717) is 0 Å². The van der Waals surface area contributed by atoms with Gasteiger partial charge in [0.1, 0.15) is 0 Å². The highest BCUT2D eigenvalue weighted by Crippen LogP contribution is 2.30. The summed E-state index contributed by atoms with van der Waals surface area (Å²) in [6.07, 6.45) is -2.55. The number of benzene rings is 1. The number of anilines is 1. The van der Waals surface area contributed by atoms with Gasteiger partial charge in [0.25, 0.3) is 0 Å². The summed E-state index contributed by atoms with van der Waals surface area (Å²) >= 11 is 0. The molecule has 2 rings (SSSR count). The fourth-order valence-electron chi connectivity index (χ4n) is 2.03. The quantitative estimate of drug-likeness (QED) is 0.933. The summed E-state index contributed by atoms with van der Waals surface area (Å²) in [5.74, 6) is -0.361. The number of rotatable bonds is 4. The summed E-state index contributed by atoms with van der Waals surface area (Å²) in [6, 6.07) is 6.21. The molecule has 22 heavy (non-hydrogen) atoms. The molecule has 0 aliphatic rings. The van der Waals surface area contributed by atoms with E-state index in [1.807, 2.05) is 19.9 Å². The molecule has 1 N–H and O–H groups in total. The van der Waals surface area contributed by atoms with Gasteiger partial charge in [-0.25, -0.2) is 0 Å². The van der Waals surface area contributed by atoms with Crippen LogP contribution in [0, 0.1) is 6.92 Å². The minimum absolute atomic E-state index is 0.122. The van der Waals surface area contributed by atoms with Gasteiger partial charge in [-0.05, 0) is 38.1 Å². The normalized spacial score (nSPS) is 13.0. The summed E-state index contributed by atoms with van der Waals surface area (Å²) < 4.78 is 39.5. The van der Waals surface area contributed by atoms with Crippen LogP contribution >= 0.6 is 0 Å². The molecule has 1 aromatic heterocycles. The Hall–Kier alpha value is -2.31. The molecule has 118 valence electrons. The molecule has 1 amide bonds. The maximum atomic E-state index is 12.6. The van der Waals surface area contributed by atoms with Gasteiger partial charge in [0.15, 0.2) is 0 Å². The zero-order chi connectivity index (χ0) is 16.3. The summed E-state index contributed by atoms with van der Waals surface area (Å²) in [5, 5.41) is 6.69. The highest BCUT2D eigenvalue weighted by Gasteiger charge is 2.30. The van der Waals surface area contributed by atoms with E-state index < -0.39 is 11.7 Å². The monoisotopic (exact) mass is 311 g/mol. The third kappa shape index (κ3) is 4.09. The van der Waals surface area contributed by atoms with Crippen LogP contribution in [0.2, 0.25) is 0 Å². The van der Waals surface area contributed by atoms with E-state index in [9.17, 15) is 18.0 Å². The van der Waals surface area contributed by atoms with Crippen LogP contribution in [-0.4, -0.2) is 15.7 Å². The highest BCUT2D eigenvalue weighted by molar-refractivity contribution is 5.91. The lowest BCUT2D eigenvalue weighted by atomic mass is 10.2. The van der Waals surface area contributed by atoms with Crippen molar-refractivity contribution in [2.24, 2.45) is 0 Å². The summed E-state index contributed by atoms with van der Waals surface area (Å²) in [5.41, 5.74) is 0.176. The number of alkyl halides is 3. The molecule has 1 heterocycles. The zero-order valence-electron chi connectivity index (χ0n) is 12.2. The van der Waals surface area contributed by atoms with E-state index in [0.717, 1.165) is 17.8 Å². The van der Waals surface area contributed by atoms with Crippen molar-refractivity contribution < 1.29 is 18.0 Å². The van der Waals surface area contributed by atoms with Gasteiger partial charge in [-0.15, -0.1) is 0 Å². The molecular weight excluding hydrogens is 295 g/mol. The number of carbonyl (C=O) groups excluding carboxylic acids is 1. The van der Waals surface area contributed by atoms with Gasteiger partial charge in [-0.3, -0.25) is 9.48 Å². The number of nitrogens with one attached hydrogen (secondary N) is 1. The Morgan fingerprint density at radius 1 is 1.36 bits per heavy atom. The maximum Gasteiger partial charge on any atom is 0.416 e. The largest absolute Gasteiger partial charge is 0.416 e. The van der Waals surface area contributed by atoms with Crippen LogP contribution in [0.1, 0.15) is 30.6 Å². The molecular formula is C15H16F3N3O. The molecule has 7 heteroatoms. The number of nitrogens with zero attached hydrogens (tertiary/aromatic N) is 2. The third-order valence-electron chi connectivity index (χ3n) is 3.15. The van der Waals surface area contributed by atoms with Crippen molar-refractivity contribution in [1.29, 1.82) is 0 Å². The first kappa shape index (κ1) is 16.1. The van der Waals surface area contributed by atoms with Crippen molar-refractivity contribution in [3.63, 3.8) is 0 Å². The van der Waals surface area contributed by atoms with Crippen molar-refractivity contribution in [2.75, 3.05) is 5.32 Å². The number of aryl methyl sites for hydroxylation is 1. The van der Waals surface area contributed by atoms with Crippen LogP contribution in [0.25, 0.3) is 0 Å². The Morgan fingerprint density at radius 2 is 2.09 bits per heavy atom. The molecule has 0 saturated carbocycles. The van der Waals surface area contributed by atoms with Crippen LogP contribution in [0.3, 0.4) is 0 Å². The van der Waals surface area contributed by atoms with E-state index in [-0.39, 0.29) is 24.1 Å². The lowest BCUT2D eigenvalue weighted by molar-refractivity contribution is -0.137. The number of carbonyl (C=O) groups is 1. The zero-order valence-corrected chi connectivity index (χ0v) is 12.2. The second-order valence-corrected chi connectivity index (χ2v) is 5.12. The Morgan fingerprint density at radius 3 is 2.68 bits per heavy atom. The smallest absolute Gasteiger partial charge is 0.326 e. The number of hydrogen-bond acceptors (Lipinski definition) is 2. The van der Waals surface area contributed by atoms with Gasteiger partial charge in [0.2, 0.25) is 5.91 Å². The van der Waals surface area contributed by atoms with Crippen molar-refractivity contribution in [3.05, 3.63) is 47.8 Å². The Bertz CT molecular complexity index is 664. The van der Waals surface area contributed by atoms with Gasteiger partial charge in [-0.1, -0.05) is 6.07 Å². The van der Waals surface area contributed by atoms with E-state index in [1.165, 1.54) is 12.1 Å². The maximum absolute atomic E-state index is 12.6. The molecule has 0 aliphatic carbocycles. The topological polar surface area (TPSA) is 46.9 Å². The van der Waals surface area contributed by atoms with E-state index in [4.69, 9.17) is 0 Å². The molecule has 4 nitrogen and oxygen atoms in total. The molecule has 0 aliphatic heterocycles. The highest BCUT2D eigenvalue weighted by atomic mass is 19.4. The number of hydrogen-bond donors (Lipinski definition) is 1. The SMILES string of the molecule is Cc1ccn([C@@H](C)CC(=O)Nc2cccc(C(F)(F)F)c2)n1. The molecule has 1 aromatic carbocycles. The predicted molar refractivity (Wildman–Crippen MR) is 76.4 cm³/mol. The summed E-state index contributed by atoms with van der Waals surface area (Å²) in [7, 11) is 0. The average Bonchev–Trinajstić information content (AvgIpc) is 2.84. The van der Waals surface area contributed by atoms with Crippen molar-refractivity contribution in [3.8, 4) is 0 Å². The Labute approximate surface area is 125 Å². The van der Waals surface area contributed by atoms with Gasteiger partial charge in [0.05, 0.1) is 17.3 Å². The van der Waals surface area contributed by atoms with Crippen LogP contribution < -0.4 is 5.32 Å². The Kier molecular flexibility index (Phi) is 4.54. The third-order valence-corrected chi connectivity index (χ3v) is 3.15. The van der Waals surface area contributed by atoms with Crippen molar-refractivity contribution in [2.45, 2.75) is 32.5 Å². The molecule has 0 fully saturated rings. The lowest BCUT2D eigenvalue weighted by Crippen LogP contribution is -2.18. The van der Waals surface area contributed by atoms with Crippen molar-refractivity contribution in [1.82, 2.24) is 9.78 Å². The Balaban J connectivity index is 2.00. The van der Waals surface area contributed by atoms with Crippen LogP contribution in [0.4, 0.5) is 18.9 Å². The van der Waals surface area contributed by atoms with E-state index >= 15 is 0 Å². The van der Waals surface area contributed by atoms with Gasteiger partial charge in [0, 0.05) is 18.3 Å². The number of aromatic nitrogens is 2. The lowest BCUT2D eigenvalue weighted by Gasteiger charge is -2.13. The fourth-order valence-corrected chi connectivity index (χ4v) is 2.03. The molecule has 0 spiro atoms. The number of amides is 1. The second kappa shape index (κ2) is 6.21. The van der Waals surface area contributed by atoms with E-state index in [1.54, 1.807) is 10.9 Å². The first-order valence-electron chi connectivity index (χ1n) is 6.74. The minimum Gasteiger partial charge on any atom is -0.326 e. The summed E-state index contributed by atoms with van der Waals surface area (Å²) in [6.45, 7) is 3.66. The minimum atomic E-state index is -4.43. The molecule has 1 atom stereocenters. The first-order valence-corrected chi connectivity index (χ1v) is 6.74.